The summed E-state index contributed by atoms with van der Waals surface area (Å²) in [5, 5.41) is 46.1. The maximum absolute atomic E-state index is 9.64. The van der Waals surface area contributed by atoms with Crippen LogP contribution in [0.15, 0.2) is 0 Å². The highest BCUT2D eigenvalue weighted by atomic mass is 16.4. The van der Waals surface area contributed by atoms with Gasteiger partial charge < -0.3 is 25.5 Å². The van der Waals surface area contributed by atoms with Gasteiger partial charge in [0.1, 0.15) is 24.2 Å². The minimum atomic E-state index is -1.71. The van der Waals surface area contributed by atoms with Crippen LogP contribution in [0.1, 0.15) is 6.92 Å². The van der Waals surface area contributed by atoms with Crippen LogP contribution in [0.4, 0.5) is 0 Å². The first-order chi connectivity index (χ1) is 5.92. The van der Waals surface area contributed by atoms with Crippen molar-refractivity contribution < 1.29 is 25.5 Å². The van der Waals surface area contributed by atoms with Crippen LogP contribution in [0.2, 0.25) is 0 Å². The summed E-state index contributed by atoms with van der Waals surface area (Å²) in [6.45, 7) is 0.988. The first-order valence-electron chi connectivity index (χ1n) is 4.07. The molecule has 0 aromatic carbocycles. The highest BCUT2D eigenvalue weighted by Crippen LogP contribution is 2.30. The minimum absolute atomic E-state index is 0.0116. The molecule has 0 radical (unpaired) electrons. The lowest BCUT2D eigenvalue weighted by atomic mass is 10.1. The van der Waals surface area contributed by atoms with Gasteiger partial charge in [0.05, 0.1) is 6.61 Å². The summed E-state index contributed by atoms with van der Waals surface area (Å²) < 4.78 is 0. The average molecular weight is 193 g/mol. The van der Waals surface area contributed by atoms with E-state index in [9.17, 15) is 20.4 Å². The lowest BCUT2D eigenvalue weighted by Crippen LogP contribution is -2.50. The van der Waals surface area contributed by atoms with E-state index < -0.39 is 24.2 Å². The van der Waals surface area contributed by atoms with Crippen LogP contribution < -0.4 is 0 Å². The van der Waals surface area contributed by atoms with E-state index in [1.807, 2.05) is 0 Å². The Kier molecular flexibility index (Phi) is 2.91. The molecule has 1 rings (SSSR count). The van der Waals surface area contributed by atoms with Gasteiger partial charge in [0, 0.05) is 6.54 Å². The van der Waals surface area contributed by atoms with E-state index in [-0.39, 0.29) is 13.2 Å². The molecule has 6 nitrogen and oxygen atoms in total. The fraction of sp³-hybridized carbons (Fsp3) is 1.00. The molecule has 13 heavy (non-hydrogen) atoms. The van der Waals surface area contributed by atoms with Crippen molar-refractivity contribution in [1.29, 1.82) is 0 Å². The maximum Gasteiger partial charge on any atom is 0.146 e. The summed E-state index contributed by atoms with van der Waals surface area (Å²) in [4.78, 5) is 1.04. The maximum atomic E-state index is 9.64. The van der Waals surface area contributed by atoms with E-state index in [0.29, 0.717) is 0 Å². The van der Waals surface area contributed by atoms with Gasteiger partial charge >= 0.3 is 0 Å². The summed E-state index contributed by atoms with van der Waals surface area (Å²) in [6, 6.07) is 0. The van der Waals surface area contributed by atoms with Crippen LogP contribution in [0, 0.1) is 0 Å². The van der Waals surface area contributed by atoms with Gasteiger partial charge in [-0.2, -0.15) is 0 Å². The third-order valence-corrected chi connectivity index (χ3v) is 2.43. The topological polar surface area (TPSA) is 104 Å². The number of nitrogens with zero attached hydrogens (tertiary/aromatic N) is 1. The average Bonchev–Trinajstić information content (AvgIpc) is 2.20. The van der Waals surface area contributed by atoms with E-state index in [0.717, 1.165) is 4.90 Å². The van der Waals surface area contributed by atoms with Crippen molar-refractivity contribution >= 4 is 0 Å². The Morgan fingerprint density at radius 3 is 2.15 bits per heavy atom. The molecule has 1 saturated heterocycles. The van der Waals surface area contributed by atoms with Gasteiger partial charge in [0.15, 0.2) is 0 Å². The molecule has 0 aromatic rings. The second kappa shape index (κ2) is 3.49. The molecule has 6 heteroatoms. The SMILES string of the molecule is CC1(O)C(O)C(O)C(O)N1CCO. The Morgan fingerprint density at radius 2 is 1.85 bits per heavy atom. The highest BCUT2D eigenvalue weighted by molar-refractivity contribution is 4.98. The smallest absolute Gasteiger partial charge is 0.146 e. The second-order valence-corrected chi connectivity index (χ2v) is 3.36. The molecule has 78 valence electrons. The second-order valence-electron chi connectivity index (χ2n) is 3.36. The molecule has 1 aliphatic rings. The molecule has 1 heterocycles. The monoisotopic (exact) mass is 193 g/mol. The number of rotatable bonds is 2. The van der Waals surface area contributed by atoms with Crippen LogP contribution in [0.5, 0.6) is 0 Å². The van der Waals surface area contributed by atoms with Crippen LogP contribution in [0.3, 0.4) is 0 Å². The Hall–Kier alpha value is -0.240. The van der Waals surface area contributed by atoms with Gasteiger partial charge in [0.2, 0.25) is 0 Å². The van der Waals surface area contributed by atoms with Gasteiger partial charge in [-0.25, -0.2) is 4.90 Å². The lowest BCUT2D eigenvalue weighted by Gasteiger charge is -2.32. The van der Waals surface area contributed by atoms with Gasteiger partial charge in [-0.15, -0.1) is 0 Å². The predicted molar refractivity (Wildman–Crippen MR) is 42.4 cm³/mol. The molecule has 0 saturated carbocycles. The molecule has 0 amide bonds. The molecular formula is C7H15NO5. The fourth-order valence-electron chi connectivity index (χ4n) is 1.57. The minimum Gasteiger partial charge on any atom is -0.395 e. The van der Waals surface area contributed by atoms with Gasteiger partial charge in [0.25, 0.3) is 0 Å². The van der Waals surface area contributed by atoms with Crippen molar-refractivity contribution in [2.45, 2.75) is 31.1 Å². The zero-order valence-corrected chi connectivity index (χ0v) is 7.33. The fourth-order valence-corrected chi connectivity index (χ4v) is 1.57. The van der Waals surface area contributed by atoms with Crippen molar-refractivity contribution in [3.05, 3.63) is 0 Å². The van der Waals surface area contributed by atoms with E-state index in [2.05, 4.69) is 0 Å². The molecule has 0 spiro atoms. The van der Waals surface area contributed by atoms with Crippen molar-refractivity contribution in [3.63, 3.8) is 0 Å². The predicted octanol–water partition coefficient (Wildman–Crippen LogP) is -2.96. The normalized spacial score (nSPS) is 47.1. The van der Waals surface area contributed by atoms with Gasteiger partial charge in [-0.05, 0) is 6.92 Å². The Bertz CT molecular complexity index is 186. The zero-order chi connectivity index (χ0) is 10.2. The summed E-state index contributed by atoms with van der Waals surface area (Å²) in [5.41, 5.74) is -1.71. The molecular weight excluding hydrogens is 178 g/mol. The zero-order valence-electron chi connectivity index (χ0n) is 7.33. The summed E-state index contributed by atoms with van der Waals surface area (Å²) in [7, 11) is 0. The standard InChI is InChI=1S/C7H15NO5/c1-7(13)5(11)4(10)6(12)8(7)2-3-9/h4-6,9-13H,2-3H2,1H3. The van der Waals surface area contributed by atoms with E-state index in [1.54, 1.807) is 0 Å². The largest absolute Gasteiger partial charge is 0.395 e. The Balaban J connectivity index is 2.82. The van der Waals surface area contributed by atoms with Gasteiger partial charge in [-0.1, -0.05) is 0 Å². The number of likely N-dealkylation sites (tertiary alicyclic amines) is 1. The van der Waals surface area contributed by atoms with Crippen LogP contribution in [0.25, 0.3) is 0 Å². The lowest BCUT2D eigenvalue weighted by molar-refractivity contribution is -0.157. The van der Waals surface area contributed by atoms with Crippen molar-refractivity contribution in [1.82, 2.24) is 4.90 Å². The number of β-amino-alcohol motifs (C(OH)–C–C–N with tert-alkyl or cyclic N) is 1. The van der Waals surface area contributed by atoms with Crippen molar-refractivity contribution in [2.75, 3.05) is 13.2 Å². The molecule has 1 aliphatic heterocycles. The third kappa shape index (κ3) is 1.56. The van der Waals surface area contributed by atoms with Crippen molar-refractivity contribution in [2.24, 2.45) is 0 Å². The van der Waals surface area contributed by atoms with E-state index >= 15 is 0 Å². The summed E-state index contributed by atoms with van der Waals surface area (Å²) >= 11 is 0. The first-order valence-corrected chi connectivity index (χ1v) is 4.07. The van der Waals surface area contributed by atoms with E-state index in [1.165, 1.54) is 6.92 Å². The molecule has 0 aliphatic carbocycles. The van der Waals surface area contributed by atoms with Crippen LogP contribution >= 0.6 is 0 Å². The van der Waals surface area contributed by atoms with Crippen LogP contribution in [-0.4, -0.2) is 67.7 Å². The van der Waals surface area contributed by atoms with Crippen LogP contribution in [-0.2, 0) is 0 Å². The molecule has 0 bridgehead atoms. The number of hydrogen-bond donors (Lipinski definition) is 5. The molecule has 0 aromatic heterocycles. The molecule has 1 fully saturated rings. The van der Waals surface area contributed by atoms with E-state index in [4.69, 9.17) is 5.11 Å². The number of aliphatic hydroxyl groups is 5. The Labute approximate surface area is 75.7 Å². The first kappa shape index (κ1) is 10.8. The molecule has 4 unspecified atom stereocenters. The Morgan fingerprint density at radius 1 is 1.31 bits per heavy atom. The number of aliphatic hydroxyl groups excluding tert-OH is 4. The molecule has 4 atom stereocenters. The highest BCUT2D eigenvalue weighted by Gasteiger charge is 2.53. The third-order valence-electron chi connectivity index (χ3n) is 2.43. The van der Waals surface area contributed by atoms with Crippen molar-refractivity contribution in [3.8, 4) is 0 Å². The summed E-state index contributed by atoms with van der Waals surface area (Å²) in [5.74, 6) is 0. The quantitative estimate of drug-likeness (QED) is 0.321. The number of hydrogen-bond acceptors (Lipinski definition) is 6. The summed E-state index contributed by atoms with van der Waals surface area (Å²) in [6.07, 6.45) is -4.20. The molecule has 5 N–H and O–H groups in total. The van der Waals surface area contributed by atoms with Gasteiger partial charge in [-0.3, -0.25) is 0 Å².